The molecule has 0 amide bonds. The van der Waals surface area contributed by atoms with Gasteiger partial charge in [-0.1, -0.05) is 44.2 Å². The van der Waals surface area contributed by atoms with E-state index in [1.807, 2.05) is 44.2 Å². The van der Waals surface area contributed by atoms with Gasteiger partial charge in [0.15, 0.2) is 0 Å². The lowest BCUT2D eigenvalue weighted by Gasteiger charge is -2.13. The molecule has 0 unspecified atom stereocenters. The van der Waals surface area contributed by atoms with Crippen LogP contribution >= 0.6 is 0 Å². The van der Waals surface area contributed by atoms with Crippen molar-refractivity contribution >= 4 is 5.78 Å². The minimum atomic E-state index is -0.311. The first-order valence-electron chi connectivity index (χ1n) is 5.43. The number of benzene rings is 1. The highest BCUT2D eigenvalue weighted by Crippen LogP contribution is 2.07. The minimum Gasteiger partial charge on any atom is -0.321 e. The first kappa shape index (κ1) is 11.9. The average Bonchev–Trinajstić information content (AvgIpc) is 2.26. The standard InChI is InChI=1S/C13H19NO/c1-10(2)13(14)12(15)9-8-11-6-4-3-5-7-11/h3-7,10,13H,8-9,14H2,1-2H3/t13-/m1/s1. The van der Waals surface area contributed by atoms with E-state index < -0.39 is 0 Å². The zero-order valence-electron chi connectivity index (χ0n) is 9.44. The summed E-state index contributed by atoms with van der Waals surface area (Å²) in [5.41, 5.74) is 6.97. The van der Waals surface area contributed by atoms with Gasteiger partial charge in [0.25, 0.3) is 0 Å². The normalized spacial score (nSPS) is 12.8. The van der Waals surface area contributed by atoms with Gasteiger partial charge in [-0.3, -0.25) is 4.79 Å². The van der Waals surface area contributed by atoms with Crippen molar-refractivity contribution in [3.8, 4) is 0 Å². The molecule has 1 rings (SSSR count). The highest BCUT2D eigenvalue weighted by molar-refractivity contribution is 5.84. The van der Waals surface area contributed by atoms with Crippen LogP contribution in [-0.4, -0.2) is 11.8 Å². The molecule has 0 aromatic heterocycles. The van der Waals surface area contributed by atoms with E-state index >= 15 is 0 Å². The maximum atomic E-state index is 11.6. The fourth-order valence-electron chi connectivity index (χ4n) is 1.45. The highest BCUT2D eigenvalue weighted by Gasteiger charge is 2.16. The Morgan fingerprint density at radius 2 is 1.87 bits per heavy atom. The molecule has 0 aliphatic carbocycles. The Hall–Kier alpha value is -1.15. The maximum Gasteiger partial charge on any atom is 0.150 e. The van der Waals surface area contributed by atoms with Gasteiger partial charge in [-0.15, -0.1) is 0 Å². The average molecular weight is 205 g/mol. The number of aryl methyl sites for hydroxylation is 1. The summed E-state index contributed by atoms with van der Waals surface area (Å²) in [5.74, 6) is 0.391. The summed E-state index contributed by atoms with van der Waals surface area (Å²) in [5, 5.41) is 0. The molecule has 15 heavy (non-hydrogen) atoms. The summed E-state index contributed by atoms with van der Waals surface area (Å²) in [6.45, 7) is 3.95. The molecule has 82 valence electrons. The van der Waals surface area contributed by atoms with Crippen LogP contribution in [0.1, 0.15) is 25.8 Å². The van der Waals surface area contributed by atoms with E-state index in [1.165, 1.54) is 5.56 Å². The Morgan fingerprint density at radius 3 is 2.40 bits per heavy atom. The fourth-order valence-corrected chi connectivity index (χ4v) is 1.45. The quantitative estimate of drug-likeness (QED) is 0.800. The first-order valence-corrected chi connectivity index (χ1v) is 5.43. The van der Waals surface area contributed by atoms with Gasteiger partial charge in [0.1, 0.15) is 5.78 Å². The van der Waals surface area contributed by atoms with Crippen molar-refractivity contribution in [1.82, 2.24) is 0 Å². The zero-order chi connectivity index (χ0) is 11.3. The molecule has 0 radical (unpaired) electrons. The van der Waals surface area contributed by atoms with Crippen LogP contribution in [0.25, 0.3) is 0 Å². The molecule has 2 heteroatoms. The van der Waals surface area contributed by atoms with Crippen molar-refractivity contribution in [1.29, 1.82) is 0 Å². The molecule has 2 nitrogen and oxygen atoms in total. The van der Waals surface area contributed by atoms with Crippen LogP contribution in [0.5, 0.6) is 0 Å². The second-order valence-corrected chi connectivity index (χ2v) is 4.22. The number of hydrogen-bond donors (Lipinski definition) is 1. The molecule has 0 aliphatic heterocycles. The number of nitrogens with two attached hydrogens (primary N) is 1. The number of ketones is 1. The largest absolute Gasteiger partial charge is 0.321 e. The lowest BCUT2D eigenvalue weighted by Crippen LogP contribution is -2.35. The van der Waals surface area contributed by atoms with Gasteiger partial charge in [0.05, 0.1) is 6.04 Å². The number of carbonyl (C=O) groups excluding carboxylic acids is 1. The van der Waals surface area contributed by atoms with Crippen molar-refractivity contribution in [2.75, 3.05) is 0 Å². The number of Topliss-reactive ketones (excluding diaryl/α,β-unsaturated/α-hetero) is 1. The van der Waals surface area contributed by atoms with Crippen molar-refractivity contribution < 1.29 is 4.79 Å². The Kier molecular flexibility index (Phi) is 4.50. The fraction of sp³-hybridized carbons (Fsp3) is 0.462. The molecule has 0 saturated carbocycles. The molecule has 2 N–H and O–H groups in total. The van der Waals surface area contributed by atoms with Gasteiger partial charge in [-0.25, -0.2) is 0 Å². The van der Waals surface area contributed by atoms with E-state index in [4.69, 9.17) is 5.73 Å². The van der Waals surface area contributed by atoms with Gasteiger partial charge in [0, 0.05) is 6.42 Å². The van der Waals surface area contributed by atoms with E-state index in [0.717, 1.165) is 6.42 Å². The monoisotopic (exact) mass is 205 g/mol. The summed E-state index contributed by atoms with van der Waals surface area (Å²) in [6, 6.07) is 9.71. The summed E-state index contributed by atoms with van der Waals surface area (Å²) < 4.78 is 0. The van der Waals surface area contributed by atoms with E-state index in [-0.39, 0.29) is 17.7 Å². The number of carbonyl (C=O) groups is 1. The van der Waals surface area contributed by atoms with Gasteiger partial charge in [0.2, 0.25) is 0 Å². The molecule has 0 fully saturated rings. The number of hydrogen-bond acceptors (Lipinski definition) is 2. The Labute approximate surface area is 91.5 Å². The molecular formula is C13H19NO. The molecule has 0 saturated heterocycles. The molecule has 0 aliphatic rings. The highest BCUT2D eigenvalue weighted by atomic mass is 16.1. The van der Waals surface area contributed by atoms with Gasteiger partial charge in [-0.05, 0) is 17.9 Å². The van der Waals surface area contributed by atoms with Crippen LogP contribution in [0.4, 0.5) is 0 Å². The first-order chi connectivity index (χ1) is 7.11. The molecule has 1 aromatic rings. The Balaban J connectivity index is 2.41. The summed E-state index contributed by atoms with van der Waals surface area (Å²) in [7, 11) is 0. The topological polar surface area (TPSA) is 43.1 Å². The van der Waals surface area contributed by atoms with Gasteiger partial charge in [-0.2, -0.15) is 0 Å². The number of rotatable bonds is 5. The van der Waals surface area contributed by atoms with Crippen LogP contribution in [0.2, 0.25) is 0 Å². The molecule has 0 bridgehead atoms. The van der Waals surface area contributed by atoms with Crippen molar-refractivity contribution in [3.05, 3.63) is 35.9 Å². The Bertz CT molecular complexity index is 306. The van der Waals surface area contributed by atoms with Crippen molar-refractivity contribution in [2.24, 2.45) is 11.7 Å². The molecule has 0 spiro atoms. The van der Waals surface area contributed by atoms with E-state index in [9.17, 15) is 4.79 Å². The van der Waals surface area contributed by atoms with E-state index in [1.54, 1.807) is 0 Å². The summed E-state index contributed by atoms with van der Waals surface area (Å²) >= 11 is 0. The van der Waals surface area contributed by atoms with E-state index in [0.29, 0.717) is 6.42 Å². The van der Waals surface area contributed by atoms with Gasteiger partial charge < -0.3 is 5.73 Å². The third-order valence-corrected chi connectivity index (χ3v) is 2.59. The maximum absolute atomic E-state index is 11.6. The zero-order valence-corrected chi connectivity index (χ0v) is 9.44. The molecule has 1 aromatic carbocycles. The minimum absolute atomic E-state index is 0.161. The third kappa shape index (κ3) is 3.84. The SMILES string of the molecule is CC(C)[C@@H](N)C(=O)CCc1ccccc1. The second kappa shape index (κ2) is 5.66. The lowest BCUT2D eigenvalue weighted by atomic mass is 9.96. The lowest BCUT2D eigenvalue weighted by molar-refractivity contribution is -0.121. The molecule has 1 atom stereocenters. The molecule has 0 heterocycles. The smallest absolute Gasteiger partial charge is 0.150 e. The Morgan fingerprint density at radius 1 is 1.27 bits per heavy atom. The predicted molar refractivity (Wildman–Crippen MR) is 62.6 cm³/mol. The van der Waals surface area contributed by atoms with Crippen molar-refractivity contribution in [2.45, 2.75) is 32.7 Å². The predicted octanol–water partition coefficient (Wildman–Crippen LogP) is 2.17. The van der Waals surface area contributed by atoms with Crippen LogP contribution in [0.3, 0.4) is 0 Å². The summed E-state index contributed by atoms with van der Waals surface area (Å²) in [4.78, 5) is 11.6. The van der Waals surface area contributed by atoms with Crippen molar-refractivity contribution in [3.63, 3.8) is 0 Å². The van der Waals surface area contributed by atoms with Crippen LogP contribution in [0.15, 0.2) is 30.3 Å². The van der Waals surface area contributed by atoms with Crippen LogP contribution < -0.4 is 5.73 Å². The molecular weight excluding hydrogens is 186 g/mol. The van der Waals surface area contributed by atoms with Crippen LogP contribution in [-0.2, 0) is 11.2 Å². The third-order valence-electron chi connectivity index (χ3n) is 2.59. The summed E-state index contributed by atoms with van der Waals surface area (Å²) in [6.07, 6.45) is 1.34. The van der Waals surface area contributed by atoms with Crippen LogP contribution in [0, 0.1) is 5.92 Å². The second-order valence-electron chi connectivity index (χ2n) is 4.22. The van der Waals surface area contributed by atoms with E-state index in [2.05, 4.69) is 0 Å². The van der Waals surface area contributed by atoms with Gasteiger partial charge >= 0.3 is 0 Å².